The zero-order valence-corrected chi connectivity index (χ0v) is 7.58. The highest BCUT2D eigenvalue weighted by Gasteiger charge is 2.04. The lowest BCUT2D eigenvalue weighted by molar-refractivity contribution is 0.112. The van der Waals surface area contributed by atoms with Gasteiger partial charge >= 0.3 is 0 Å². The summed E-state index contributed by atoms with van der Waals surface area (Å²) in [7, 11) is 0. The standard InChI is InChI=1S/C9H8N4O/c1-7-8(5-14)4-13(12-7)9-2-10-6-11-3-9/h2-6H,1H3. The molecule has 14 heavy (non-hydrogen) atoms. The summed E-state index contributed by atoms with van der Waals surface area (Å²) >= 11 is 0. The topological polar surface area (TPSA) is 60.7 Å². The third kappa shape index (κ3) is 1.39. The Bertz CT molecular complexity index is 449. The molecule has 0 amide bonds. The molecule has 2 aromatic heterocycles. The van der Waals surface area contributed by atoms with E-state index in [2.05, 4.69) is 15.1 Å². The number of hydrogen-bond donors (Lipinski definition) is 0. The van der Waals surface area contributed by atoms with E-state index in [0.29, 0.717) is 11.3 Å². The Kier molecular flexibility index (Phi) is 2.06. The van der Waals surface area contributed by atoms with E-state index in [-0.39, 0.29) is 0 Å². The molecular formula is C9H8N4O. The van der Waals surface area contributed by atoms with Crippen molar-refractivity contribution in [1.82, 2.24) is 19.7 Å². The molecule has 0 spiro atoms. The van der Waals surface area contributed by atoms with Gasteiger partial charge in [-0.05, 0) is 6.92 Å². The van der Waals surface area contributed by atoms with Gasteiger partial charge in [-0.15, -0.1) is 0 Å². The highest BCUT2D eigenvalue weighted by atomic mass is 16.1. The van der Waals surface area contributed by atoms with E-state index in [1.54, 1.807) is 30.2 Å². The van der Waals surface area contributed by atoms with Gasteiger partial charge in [-0.25, -0.2) is 14.6 Å². The van der Waals surface area contributed by atoms with Crippen LogP contribution in [-0.2, 0) is 0 Å². The summed E-state index contributed by atoms with van der Waals surface area (Å²) in [6.07, 6.45) is 7.15. The summed E-state index contributed by atoms with van der Waals surface area (Å²) in [6, 6.07) is 0. The fraction of sp³-hybridized carbons (Fsp3) is 0.111. The van der Waals surface area contributed by atoms with Gasteiger partial charge in [0.2, 0.25) is 0 Å². The van der Waals surface area contributed by atoms with Gasteiger partial charge in [-0.1, -0.05) is 0 Å². The number of hydrogen-bond acceptors (Lipinski definition) is 4. The van der Waals surface area contributed by atoms with Gasteiger partial charge in [0.05, 0.1) is 23.7 Å². The maximum Gasteiger partial charge on any atom is 0.153 e. The van der Waals surface area contributed by atoms with E-state index in [4.69, 9.17) is 0 Å². The van der Waals surface area contributed by atoms with E-state index in [0.717, 1.165) is 12.0 Å². The first-order chi connectivity index (χ1) is 6.81. The molecule has 0 aliphatic heterocycles. The van der Waals surface area contributed by atoms with Crippen LogP contribution in [0.15, 0.2) is 24.9 Å². The van der Waals surface area contributed by atoms with Crippen molar-refractivity contribution in [2.24, 2.45) is 0 Å². The molecule has 0 radical (unpaired) electrons. The van der Waals surface area contributed by atoms with Crippen LogP contribution in [0.25, 0.3) is 5.69 Å². The molecule has 2 rings (SSSR count). The first-order valence-electron chi connectivity index (χ1n) is 4.08. The molecule has 5 heteroatoms. The molecule has 0 saturated heterocycles. The molecule has 70 valence electrons. The molecular weight excluding hydrogens is 180 g/mol. The monoisotopic (exact) mass is 188 g/mol. The Morgan fingerprint density at radius 3 is 2.64 bits per heavy atom. The zero-order valence-electron chi connectivity index (χ0n) is 7.58. The number of carbonyl (C=O) groups excluding carboxylic acids is 1. The van der Waals surface area contributed by atoms with Crippen LogP contribution in [-0.4, -0.2) is 26.0 Å². The van der Waals surface area contributed by atoms with E-state index in [9.17, 15) is 4.79 Å². The molecule has 0 aromatic carbocycles. The number of aromatic nitrogens is 4. The van der Waals surface area contributed by atoms with Crippen LogP contribution >= 0.6 is 0 Å². The molecule has 0 N–H and O–H groups in total. The molecule has 0 aliphatic rings. The first-order valence-corrected chi connectivity index (χ1v) is 4.08. The molecule has 0 unspecified atom stereocenters. The van der Waals surface area contributed by atoms with Crippen molar-refractivity contribution in [3.05, 3.63) is 36.2 Å². The van der Waals surface area contributed by atoms with E-state index in [1.165, 1.54) is 6.33 Å². The Morgan fingerprint density at radius 1 is 1.36 bits per heavy atom. The largest absolute Gasteiger partial charge is 0.298 e. The summed E-state index contributed by atoms with van der Waals surface area (Å²) in [5, 5.41) is 4.16. The minimum atomic E-state index is 0.578. The Morgan fingerprint density at radius 2 is 2.07 bits per heavy atom. The van der Waals surface area contributed by atoms with Crippen LogP contribution in [0, 0.1) is 6.92 Å². The lowest BCUT2D eigenvalue weighted by Gasteiger charge is -1.96. The van der Waals surface area contributed by atoms with Gasteiger partial charge in [0, 0.05) is 6.20 Å². The van der Waals surface area contributed by atoms with Crippen LogP contribution in [0.5, 0.6) is 0 Å². The Balaban J connectivity index is 2.48. The molecule has 2 heterocycles. The molecule has 5 nitrogen and oxygen atoms in total. The minimum absolute atomic E-state index is 0.578. The van der Waals surface area contributed by atoms with Crippen molar-refractivity contribution in [1.29, 1.82) is 0 Å². The molecule has 2 aromatic rings. The minimum Gasteiger partial charge on any atom is -0.298 e. The fourth-order valence-corrected chi connectivity index (χ4v) is 1.13. The van der Waals surface area contributed by atoms with E-state index < -0.39 is 0 Å². The predicted molar refractivity (Wildman–Crippen MR) is 49.3 cm³/mol. The van der Waals surface area contributed by atoms with Crippen molar-refractivity contribution in [3.63, 3.8) is 0 Å². The highest BCUT2D eigenvalue weighted by Crippen LogP contribution is 2.07. The van der Waals surface area contributed by atoms with Crippen molar-refractivity contribution in [2.45, 2.75) is 6.92 Å². The van der Waals surface area contributed by atoms with Crippen molar-refractivity contribution < 1.29 is 4.79 Å². The average Bonchev–Trinajstić information content (AvgIpc) is 2.61. The second-order valence-corrected chi connectivity index (χ2v) is 2.83. The zero-order chi connectivity index (χ0) is 9.97. The quantitative estimate of drug-likeness (QED) is 0.653. The Hall–Kier alpha value is -2.04. The van der Waals surface area contributed by atoms with Crippen LogP contribution < -0.4 is 0 Å². The van der Waals surface area contributed by atoms with Gasteiger partial charge in [0.25, 0.3) is 0 Å². The average molecular weight is 188 g/mol. The lowest BCUT2D eigenvalue weighted by Crippen LogP contribution is -1.95. The van der Waals surface area contributed by atoms with Crippen LogP contribution in [0.2, 0.25) is 0 Å². The summed E-state index contributed by atoms with van der Waals surface area (Å²) < 4.78 is 1.58. The third-order valence-electron chi connectivity index (χ3n) is 1.88. The van der Waals surface area contributed by atoms with Gasteiger partial charge in [-0.2, -0.15) is 5.10 Å². The molecule has 0 atom stereocenters. The van der Waals surface area contributed by atoms with Gasteiger partial charge in [0.15, 0.2) is 6.29 Å². The summed E-state index contributed by atoms with van der Waals surface area (Å²) in [6.45, 7) is 1.78. The molecule has 0 aliphatic carbocycles. The van der Waals surface area contributed by atoms with Crippen molar-refractivity contribution >= 4 is 6.29 Å². The third-order valence-corrected chi connectivity index (χ3v) is 1.88. The maximum absolute atomic E-state index is 10.6. The predicted octanol–water partition coefficient (Wildman–Crippen LogP) is 0.783. The number of rotatable bonds is 2. The highest BCUT2D eigenvalue weighted by molar-refractivity contribution is 5.75. The maximum atomic E-state index is 10.6. The molecule has 0 fully saturated rings. The van der Waals surface area contributed by atoms with E-state index in [1.807, 2.05) is 0 Å². The molecule has 0 bridgehead atoms. The lowest BCUT2D eigenvalue weighted by atomic mass is 10.3. The van der Waals surface area contributed by atoms with E-state index >= 15 is 0 Å². The normalized spacial score (nSPS) is 10.1. The fourth-order valence-electron chi connectivity index (χ4n) is 1.13. The van der Waals surface area contributed by atoms with Crippen molar-refractivity contribution in [3.8, 4) is 5.69 Å². The summed E-state index contributed by atoms with van der Waals surface area (Å²) in [4.78, 5) is 18.3. The SMILES string of the molecule is Cc1nn(-c2cncnc2)cc1C=O. The first kappa shape index (κ1) is 8.55. The second-order valence-electron chi connectivity index (χ2n) is 2.83. The summed E-state index contributed by atoms with van der Waals surface area (Å²) in [5.74, 6) is 0. The second kappa shape index (κ2) is 3.37. The van der Waals surface area contributed by atoms with Gasteiger partial charge in [0.1, 0.15) is 12.0 Å². The van der Waals surface area contributed by atoms with Crippen LogP contribution in [0.4, 0.5) is 0 Å². The number of nitrogens with zero attached hydrogens (tertiary/aromatic N) is 4. The van der Waals surface area contributed by atoms with Gasteiger partial charge < -0.3 is 0 Å². The van der Waals surface area contributed by atoms with Crippen LogP contribution in [0.3, 0.4) is 0 Å². The molecule has 0 saturated carbocycles. The number of carbonyl (C=O) groups is 1. The smallest absolute Gasteiger partial charge is 0.153 e. The van der Waals surface area contributed by atoms with Crippen LogP contribution in [0.1, 0.15) is 16.1 Å². The Labute approximate surface area is 80.4 Å². The summed E-state index contributed by atoms with van der Waals surface area (Å²) in [5.41, 5.74) is 2.02. The van der Waals surface area contributed by atoms with Crippen molar-refractivity contribution in [2.75, 3.05) is 0 Å². The van der Waals surface area contributed by atoms with Gasteiger partial charge in [-0.3, -0.25) is 4.79 Å². The number of aryl methyl sites for hydroxylation is 1. The number of aldehydes is 1.